The Bertz CT molecular complexity index is 585. The van der Waals surface area contributed by atoms with E-state index in [1.54, 1.807) is 38.1 Å². The van der Waals surface area contributed by atoms with Crippen molar-refractivity contribution in [3.63, 3.8) is 0 Å². The van der Waals surface area contributed by atoms with Crippen LogP contribution in [0.4, 0.5) is 10.5 Å². The predicted molar refractivity (Wildman–Crippen MR) is 89.3 cm³/mol. The first-order valence-electron chi connectivity index (χ1n) is 8.04. The molecule has 1 atom stereocenters. The van der Waals surface area contributed by atoms with Crippen molar-refractivity contribution in [3.8, 4) is 0 Å². The summed E-state index contributed by atoms with van der Waals surface area (Å²) in [6.07, 6.45) is 1.94. The number of hydrogen-bond donors (Lipinski definition) is 3. The van der Waals surface area contributed by atoms with Gasteiger partial charge in [-0.05, 0) is 30.9 Å². The molecule has 24 heavy (non-hydrogen) atoms. The maximum Gasteiger partial charge on any atom is 0.329 e. The molecule has 1 saturated carbocycles. The van der Waals surface area contributed by atoms with Crippen LogP contribution < -0.4 is 16.0 Å². The number of carbonyl (C=O) groups excluding carboxylic acids is 3. The average molecular weight is 333 g/mol. The van der Waals surface area contributed by atoms with E-state index in [1.165, 1.54) is 0 Å². The second kappa shape index (κ2) is 8.33. The molecule has 0 unspecified atom stereocenters. The summed E-state index contributed by atoms with van der Waals surface area (Å²) < 4.78 is 5.01. The lowest BCUT2D eigenvalue weighted by Crippen LogP contribution is -2.47. The first-order valence-corrected chi connectivity index (χ1v) is 8.04. The van der Waals surface area contributed by atoms with Crippen molar-refractivity contribution < 1.29 is 19.1 Å². The molecule has 1 aliphatic rings. The van der Waals surface area contributed by atoms with Gasteiger partial charge in [0.15, 0.2) is 6.61 Å². The normalized spacial score (nSPS) is 14.6. The number of anilines is 1. The van der Waals surface area contributed by atoms with E-state index < -0.39 is 18.0 Å². The molecule has 130 valence electrons. The second-order valence-electron chi connectivity index (χ2n) is 6.14. The van der Waals surface area contributed by atoms with Crippen LogP contribution >= 0.6 is 0 Å². The summed E-state index contributed by atoms with van der Waals surface area (Å²) in [7, 11) is 0. The van der Waals surface area contributed by atoms with Crippen LogP contribution in [-0.4, -0.2) is 36.6 Å². The fourth-order valence-electron chi connectivity index (χ4n) is 2.05. The zero-order valence-corrected chi connectivity index (χ0v) is 13.9. The molecule has 0 spiro atoms. The highest BCUT2D eigenvalue weighted by Gasteiger charge is 2.28. The highest BCUT2D eigenvalue weighted by Crippen LogP contribution is 2.18. The molecule has 0 bridgehead atoms. The fourth-order valence-corrected chi connectivity index (χ4v) is 2.05. The molecular formula is C17H23N3O4. The third-order valence-corrected chi connectivity index (χ3v) is 3.53. The first kappa shape index (κ1) is 17.8. The van der Waals surface area contributed by atoms with Crippen LogP contribution in [0.5, 0.6) is 0 Å². The first-order chi connectivity index (χ1) is 11.5. The Morgan fingerprint density at radius 1 is 1.17 bits per heavy atom. The van der Waals surface area contributed by atoms with Gasteiger partial charge in [0.2, 0.25) is 0 Å². The lowest BCUT2D eigenvalue weighted by Gasteiger charge is -2.21. The number of urea groups is 1. The van der Waals surface area contributed by atoms with Gasteiger partial charge in [0.25, 0.3) is 5.91 Å². The molecule has 0 aliphatic heterocycles. The molecule has 1 fully saturated rings. The zero-order valence-electron chi connectivity index (χ0n) is 13.9. The molecule has 2 rings (SSSR count). The summed E-state index contributed by atoms with van der Waals surface area (Å²) in [5.41, 5.74) is 0.620. The minimum Gasteiger partial charge on any atom is -0.454 e. The van der Waals surface area contributed by atoms with Gasteiger partial charge >= 0.3 is 12.0 Å². The highest BCUT2D eigenvalue weighted by molar-refractivity contribution is 5.93. The van der Waals surface area contributed by atoms with Crippen LogP contribution in [0.15, 0.2) is 30.3 Å². The molecule has 1 aliphatic carbocycles. The van der Waals surface area contributed by atoms with Gasteiger partial charge in [0.1, 0.15) is 6.04 Å². The van der Waals surface area contributed by atoms with Gasteiger partial charge in [-0.15, -0.1) is 0 Å². The van der Waals surface area contributed by atoms with E-state index in [0.29, 0.717) is 5.69 Å². The summed E-state index contributed by atoms with van der Waals surface area (Å²) in [6, 6.07) is 7.79. The third kappa shape index (κ3) is 5.91. The summed E-state index contributed by atoms with van der Waals surface area (Å²) in [5.74, 6) is -1.12. The Kier molecular flexibility index (Phi) is 6.17. The molecule has 3 amide bonds. The van der Waals surface area contributed by atoms with E-state index in [2.05, 4.69) is 16.0 Å². The molecule has 1 aromatic carbocycles. The number of nitrogens with one attached hydrogen (secondary N) is 3. The predicted octanol–water partition coefficient (Wildman–Crippen LogP) is 1.65. The van der Waals surface area contributed by atoms with Crippen molar-refractivity contribution in [2.45, 2.75) is 38.8 Å². The van der Waals surface area contributed by atoms with E-state index in [1.807, 2.05) is 6.07 Å². The lowest BCUT2D eigenvalue weighted by atomic mass is 10.1. The zero-order chi connectivity index (χ0) is 17.5. The van der Waals surface area contributed by atoms with Crippen LogP contribution in [0.2, 0.25) is 0 Å². The van der Waals surface area contributed by atoms with E-state index in [0.717, 1.165) is 12.8 Å². The maximum atomic E-state index is 12.1. The average Bonchev–Trinajstić information content (AvgIpc) is 3.35. The standard InChI is InChI=1S/C17H23N3O4/c1-11(2)15(16(22)24-10-14(21)18-13-8-9-13)20-17(23)19-12-6-4-3-5-7-12/h3-7,11,13,15H,8-10H2,1-2H3,(H,18,21)(H2,19,20,23)/t15-/m0/s1. The highest BCUT2D eigenvalue weighted by atomic mass is 16.5. The quantitative estimate of drug-likeness (QED) is 0.661. The number of para-hydroxylation sites is 1. The minimum atomic E-state index is -0.831. The van der Waals surface area contributed by atoms with Gasteiger partial charge in [0, 0.05) is 11.7 Å². The van der Waals surface area contributed by atoms with Gasteiger partial charge < -0.3 is 20.7 Å². The SMILES string of the molecule is CC(C)[C@H](NC(=O)Nc1ccccc1)C(=O)OCC(=O)NC1CC1. The van der Waals surface area contributed by atoms with Crippen LogP contribution in [0.1, 0.15) is 26.7 Å². The Labute approximate surface area is 141 Å². The number of rotatable bonds is 7. The number of hydrogen-bond acceptors (Lipinski definition) is 4. The molecule has 7 nitrogen and oxygen atoms in total. The van der Waals surface area contributed by atoms with Crippen LogP contribution in [-0.2, 0) is 14.3 Å². The Morgan fingerprint density at radius 2 is 1.83 bits per heavy atom. The Balaban J connectivity index is 1.82. The number of ether oxygens (including phenoxy) is 1. The van der Waals surface area contributed by atoms with Crippen molar-refractivity contribution in [2.75, 3.05) is 11.9 Å². The molecular weight excluding hydrogens is 310 g/mol. The molecule has 0 heterocycles. The molecule has 0 saturated heterocycles. The molecule has 7 heteroatoms. The number of amides is 3. The monoisotopic (exact) mass is 333 g/mol. The van der Waals surface area contributed by atoms with Crippen molar-refractivity contribution in [3.05, 3.63) is 30.3 Å². The number of esters is 1. The summed E-state index contributed by atoms with van der Waals surface area (Å²) in [5, 5.41) is 7.96. The van der Waals surface area contributed by atoms with E-state index in [4.69, 9.17) is 4.74 Å². The smallest absolute Gasteiger partial charge is 0.329 e. The van der Waals surface area contributed by atoms with Crippen LogP contribution in [0.3, 0.4) is 0 Å². The van der Waals surface area contributed by atoms with E-state index in [-0.39, 0.29) is 24.5 Å². The minimum absolute atomic E-state index is 0.175. The molecule has 1 aromatic rings. The molecule has 0 aromatic heterocycles. The van der Waals surface area contributed by atoms with Crippen molar-refractivity contribution in [1.82, 2.24) is 10.6 Å². The van der Waals surface area contributed by atoms with Gasteiger partial charge in [0.05, 0.1) is 0 Å². The lowest BCUT2D eigenvalue weighted by molar-refractivity contribution is -0.151. The fraction of sp³-hybridized carbons (Fsp3) is 0.471. The van der Waals surface area contributed by atoms with Crippen molar-refractivity contribution in [1.29, 1.82) is 0 Å². The van der Waals surface area contributed by atoms with Gasteiger partial charge in [-0.2, -0.15) is 0 Å². The molecule has 0 radical (unpaired) electrons. The van der Waals surface area contributed by atoms with Gasteiger partial charge in [-0.3, -0.25) is 4.79 Å². The van der Waals surface area contributed by atoms with Crippen LogP contribution in [0.25, 0.3) is 0 Å². The largest absolute Gasteiger partial charge is 0.454 e. The number of carbonyl (C=O) groups is 3. The van der Waals surface area contributed by atoms with Crippen molar-refractivity contribution in [2.24, 2.45) is 5.92 Å². The van der Waals surface area contributed by atoms with Gasteiger partial charge in [-0.1, -0.05) is 32.0 Å². The Morgan fingerprint density at radius 3 is 2.42 bits per heavy atom. The van der Waals surface area contributed by atoms with Crippen molar-refractivity contribution >= 4 is 23.6 Å². The topological polar surface area (TPSA) is 96.5 Å². The summed E-state index contributed by atoms with van der Waals surface area (Å²) >= 11 is 0. The number of benzene rings is 1. The van der Waals surface area contributed by atoms with Crippen LogP contribution in [0, 0.1) is 5.92 Å². The van der Waals surface area contributed by atoms with E-state index >= 15 is 0 Å². The second-order valence-corrected chi connectivity index (χ2v) is 6.14. The maximum absolute atomic E-state index is 12.1. The third-order valence-electron chi connectivity index (χ3n) is 3.53. The Hall–Kier alpha value is -2.57. The molecule has 3 N–H and O–H groups in total. The van der Waals surface area contributed by atoms with E-state index in [9.17, 15) is 14.4 Å². The summed E-state index contributed by atoms with van der Waals surface area (Å²) in [6.45, 7) is 3.25. The summed E-state index contributed by atoms with van der Waals surface area (Å²) in [4.78, 5) is 35.7. The van der Waals surface area contributed by atoms with Gasteiger partial charge in [-0.25, -0.2) is 9.59 Å².